The first-order valence-corrected chi connectivity index (χ1v) is 8.07. The van der Waals surface area contributed by atoms with Gasteiger partial charge >= 0.3 is 0 Å². The third kappa shape index (κ3) is 5.67. The summed E-state index contributed by atoms with van der Waals surface area (Å²) in [6.45, 7) is 2.80. The third-order valence-corrected chi connectivity index (χ3v) is 3.45. The van der Waals surface area contributed by atoms with Crippen molar-refractivity contribution >= 4 is 5.91 Å². The summed E-state index contributed by atoms with van der Waals surface area (Å²) in [5, 5.41) is 0. The highest BCUT2D eigenvalue weighted by Crippen LogP contribution is 2.26. The second kappa shape index (κ2) is 9.52. The molecule has 0 aliphatic rings. The van der Waals surface area contributed by atoms with Crippen molar-refractivity contribution in [3.8, 4) is 17.2 Å². The van der Waals surface area contributed by atoms with E-state index in [1.807, 2.05) is 19.1 Å². The van der Waals surface area contributed by atoms with E-state index in [1.165, 1.54) is 11.0 Å². The Morgan fingerprint density at radius 2 is 1.56 bits per heavy atom. The van der Waals surface area contributed by atoms with Crippen LogP contribution in [-0.2, 0) is 4.79 Å². The van der Waals surface area contributed by atoms with Crippen LogP contribution in [0, 0.1) is 5.82 Å². The molecule has 1 amide bonds. The molecule has 134 valence electrons. The van der Waals surface area contributed by atoms with Crippen LogP contribution in [0.3, 0.4) is 0 Å². The van der Waals surface area contributed by atoms with Crippen molar-refractivity contribution in [1.29, 1.82) is 0 Å². The lowest BCUT2D eigenvalue weighted by Gasteiger charge is -2.18. The Morgan fingerprint density at radius 3 is 2.20 bits per heavy atom. The van der Waals surface area contributed by atoms with Crippen molar-refractivity contribution in [3.05, 3.63) is 54.3 Å². The van der Waals surface area contributed by atoms with Crippen LogP contribution in [0.4, 0.5) is 4.39 Å². The monoisotopic (exact) mass is 347 g/mol. The van der Waals surface area contributed by atoms with Gasteiger partial charge in [-0.3, -0.25) is 4.79 Å². The SMILES string of the molecule is CCOc1ccccc1OCC(=O)N(C)CCOc1ccccc1F. The Hall–Kier alpha value is -2.76. The van der Waals surface area contributed by atoms with Crippen molar-refractivity contribution in [2.24, 2.45) is 0 Å². The molecule has 0 spiro atoms. The zero-order valence-corrected chi connectivity index (χ0v) is 14.4. The molecule has 5 nitrogen and oxygen atoms in total. The summed E-state index contributed by atoms with van der Waals surface area (Å²) in [6, 6.07) is 13.3. The molecule has 0 saturated heterocycles. The second-order valence-corrected chi connectivity index (χ2v) is 5.26. The van der Waals surface area contributed by atoms with Crippen molar-refractivity contribution < 1.29 is 23.4 Å². The number of ether oxygens (including phenoxy) is 3. The van der Waals surface area contributed by atoms with Gasteiger partial charge in [0.05, 0.1) is 13.2 Å². The number of rotatable bonds is 9. The average Bonchev–Trinajstić information content (AvgIpc) is 2.62. The minimum atomic E-state index is -0.424. The molecule has 0 aliphatic heterocycles. The number of likely N-dealkylation sites (N-methyl/N-ethyl adjacent to an activating group) is 1. The molecule has 0 aromatic heterocycles. The number of halogens is 1. The van der Waals surface area contributed by atoms with Crippen molar-refractivity contribution in [2.45, 2.75) is 6.92 Å². The fourth-order valence-electron chi connectivity index (χ4n) is 2.07. The van der Waals surface area contributed by atoms with Crippen LogP contribution in [0.15, 0.2) is 48.5 Å². The first-order valence-electron chi connectivity index (χ1n) is 8.07. The Bertz CT molecular complexity index is 693. The predicted molar refractivity (Wildman–Crippen MR) is 92.6 cm³/mol. The van der Waals surface area contributed by atoms with Gasteiger partial charge in [0.2, 0.25) is 0 Å². The zero-order chi connectivity index (χ0) is 18.1. The molecular weight excluding hydrogens is 325 g/mol. The molecule has 2 aromatic rings. The van der Waals surface area contributed by atoms with Gasteiger partial charge in [-0.05, 0) is 31.2 Å². The van der Waals surface area contributed by atoms with Gasteiger partial charge < -0.3 is 19.1 Å². The van der Waals surface area contributed by atoms with E-state index in [4.69, 9.17) is 14.2 Å². The molecule has 0 bridgehead atoms. The maximum Gasteiger partial charge on any atom is 0.260 e. The van der Waals surface area contributed by atoms with Crippen LogP contribution in [0.1, 0.15) is 6.92 Å². The number of carbonyl (C=O) groups is 1. The van der Waals surface area contributed by atoms with E-state index in [1.54, 1.807) is 37.4 Å². The molecule has 0 fully saturated rings. The number of hydrogen-bond donors (Lipinski definition) is 0. The molecule has 6 heteroatoms. The lowest BCUT2D eigenvalue weighted by atomic mass is 10.3. The number of carbonyl (C=O) groups excluding carboxylic acids is 1. The minimum absolute atomic E-state index is 0.111. The molecule has 25 heavy (non-hydrogen) atoms. The molecular formula is C19H22FNO4. The highest BCUT2D eigenvalue weighted by molar-refractivity contribution is 5.77. The summed E-state index contributed by atoms with van der Waals surface area (Å²) in [6.07, 6.45) is 0. The Labute approximate surface area is 146 Å². The van der Waals surface area contributed by atoms with Gasteiger partial charge in [0.25, 0.3) is 5.91 Å². The van der Waals surface area contributed by atoms with Gasteiger partial charge in [-0.2, -0.15) is 0 Å². The van der Waals surface area contributed by atoms with Gasteiger partial charge in [0.1, 0.15) is 6.61 Å². The minimum Gasteiger partial charge on any atom is -0.490 e. The number of nitrogens with zero attached hydrogens (tertiary/aromatic N) is 1. The van der Waals surface area contributed by atoms with Gasteiger partial charge in [-0.25, -0.2) is 4.39 Å². The van der Waals surface area contributed by atoms with Crippen molar-refractivity contribution in [3.63, 3.8) is 0 Å². The molecule has 0 unspecified atom stereocenters. The van der Waals surface area contributed by atoms with E-state index in [0.717, 1.165) is 0 Å². The van der Waals surface area contributed by atoms with Crippen LogP contribution in [0.5, 0.6) is 17.2 Å². The van der Waals surface area contributed by atoms with E-state index in [-0.39, 0.29) is 24.9 Å². The smallest absolute Gasteiger partial charge is 0.260 e. The molecule has 0 atom stereocenters. The standard InChI is InChI=1S/C19H22FNO4/c1-3-23-17-10-6-7-11-18(17)25-14-19(22)21(2)12-13-24-16-9-5-4-8-15(16)20/h4-11H,3,12-14H2,1-2H3. The Kier molecular flexibility index (Phi) is 7.07. The molecule has 0 heterocycles. The van der Waals surface area contributed by atoms with Gasteiger partial charge in [-0.15, -0.1) is 0 Å². The summed E-state index contributed by atoms with van der Waals surface area (Å²) in [7, 11) is 1.64. The highest BCUT2D eigenvalue weighted by atomic mass is 19.1. The molecule has 0 saturated carbocycles. The number of hydrogen-bond acceptors (Lipinski definition) is 4. The zero-order valence-electron chi connectivity index (χ0n) is 14.4. The summed E-state index contributed by atoms with van der Waals surface area (Å²) < 4.78 is 29.8. The van der Waals surface area contributed by atoms with E-state index in [0.29, 0.717) is 24.7 Å². The van der Waals surface area contributed by atoms with Gasteiger partial charge in [-0.1, -0.05) is 24.3 Å². The molecule has 0 aliphatic carbocycles. The average molecular weight is 347 g/mol. The summed E-state index contributed by atoms with van der Waals surface area (Å²) in [4.78, 5) is 13.6. The first-order chi connectivity index (χ1) is 12.1. The van der Waals surface area contributed by atoms with Crippen LogP contribution >= 0.6 is 0 Å². The maximum absolute atomic E-state index is 13.4. The first kappa shape index (κ1) is 18.6. The van der Waals surface area contributed by atoms with Gasteiger partial charge in [0.15, 0.2) is 29.7 Å². The Balaban J connectivity index is 1.78. The lowest BCUT2D eigenvalue weighted by molar-refractivity contribution is -0.132. The number of para-hydroxylation sites is 3. The van der Waals surface area contributed by atoms with E-state index >= 15 is 0 Å². The largest absolute Gasteiger partial charge is 0.490 e. The number of amides is 1. The second-order valence-electron chi connectivity index (χ2n) is 5.26. The van der Waals surface area contributed by atoms with E-state index in [9.17, 15) is 9.18 Å². The molecule has 2 aromatic carbocycles. The molecule has 0 N–H and O–H groups in total. The predicted octanol–water partition coefficient (Wildman–Crippen LogP) is 3.14. The van der Waals surface area contributed by atoms with Crippen LogP contribution < -0.4 is 14.2 Å². The quantitative estimate of drug-likeness (QED) is 0.699. The highest BCUT2D eigenvalue weighted by Gasteiger charge is 2.12. The summed E-state index contributed by atoms with van der Waals surface area (Å²) >= 11 is 0. The maximum atomic E-state index is 13.4. The summed E-state index contributed by atoms with van der Waals surface area (Å²) in [5.41, 5.74) is 0. The number of benzene rings is 2. The normalized spacial score (nSPS) is 10.2. The van der Waals surface area contributed by atoms with Gasteiger partial charge in [0, 0.05) is 7.05 Å². The Morgan fingerprint density at radius 1 is 0.960 bits per heavy atom. The van der Waals surface area contributed by atoms with E-state index < -0.39 is 5.82 Å². The van der Waals surface area contributed by atoms with Crippen LogP contribution in [-0.4, -0.2) is 44.2 Å². The van der Waals surface area contributed by atoms with Crippen LogP contribution in [0.2, 0.25) is 0 Å². The lowest BCUT2D eigenvalue weighted by Crippen LogP contribution is -2.34. The van der Waals surface area contributed by atoms with Crippen LogP contribution in [0.25, 0.3) is 0 Å². The third-order valence-electron chi connectivity index (χ3n) is 3.45. The molecule has 0 radical (unpaired) electrons. The molecule has 2 rings (SSSR count). The van der Waals surface area contributed by atoms with Crippen molar-refractivity contribution in [2.75, 3.05) is 33.4 Å². The summed E-state index contributed by atoms with van der Waals surface area (Å²) in [5.74, 6) is 0.665. The fraction of sp³-hybridized carbons (Fsp3) is 0.316. The topological polar surface area (TPSA) is 48.0 Å². The van der Waals surface area contributed by atoms with Crippen molar-refractivity contribution in [1.82, 2.24) is 4.90 Å². The fourth-order valence-corrected chi connectivity index (χ4v) is 2.07. The van der Waals surface area contributed by atoms with E-state index in [2.05, 4.69) is 0 Å².